The van der Waals surface area contributed by atoms with E-state index < -0.39 is 0 Å². The summed E-state index contributed by atoms with van der Waals surface area (Å²) in [6.07, 6.45) is 1.42. The van der Waals surface area contributed by atoms with Crippen LogP contribution in [0.3, 0.4) is 0 Å². The van der Waals surface area contributed by atoms with Gasteiger partial charge in [-0.2, -0.15) is 0 Å². The second-order valence-corrected chi connectivity index (χ2v) is 5.84. The molecule has 0 aliphatic carbocycles. The zero-order chi connectivity index (χ0) is 14.5. The number of amides is 1. The molecule has 2 aromatic rings. The molecule has 0 fully saturated rings. The van der Waals surface area contributed by atoms with E-state index in [1.165, 1.54) is 16.7 Å². The molecule has 1 aromatic heterocycles. The Hall–Kier alpha value is -1.72. The van der Waals surface area contributed by atoms with Crippen LogP contribution in [-0.4, -0.2) is 5.91 Å². The van der Waals surface area contributed by atoms with Gasteiger partial charge in [-0.25, -0.2) is 5.84 Å². The average Bonchev–Trinajstić information content (AvgIpc) is 2.93. The number of hydrazine groups is 1. The minimum absolute atomic E-state index is 0.341. The Morgan fingerprint density at radius 1 is 1.35 bits per heavy atom. The average molecular weight is 290 g/mol. The molecule has 2 rings (SSSR count). The highest BCUT2D eigenvalue weighted by molar-refractivity contribution is 7.98. The number of benzene rings is 1. The number of hydrogen-bond acceptors (Lipinski definition) is 4. The zero-order valence-electron chi connectivity index (χ0n) is 11.6. The van der Waals surface area contributed by atoms with Crippen molar-refractivity contribution in [1.29, 1.82) is 0 Å². The van der Waals surface area contributed by atoms with E-state index in [0.29, 0.717) is 17.2 Å². The molecule has 3 N–H and O–H groups in total. The highest BCUT2D eigenvalue weighted by atomic mass is 32.2. The van der Waals surface area contributed by atoms with Gasteiger partial charge in [0.1, 0.15) is 12.0 Å². The Labute approximate surface area is 122 Å². The fourth-order valence-corrected chi connectivity index (χ4v) is 2.55. The molecule has 1 heterocycles. The van der Waals surface area contributed by atoms with Crippen molar-refractivity contribution >= 4 is 17.7 Å². The van der Waals surface area contributed by atoms with Crippen LogP contribution >= 0.6 is 11.8 Å². The summed E-state index contributed by atoms with van der Waals surface area (Å²) in [5, 5.41) is 0. The van der Waals surface area contributed by atoms with Crippen molar-refractivity contribution in [1.82, 2.24) is 5.43 Å². The quantitative estimate of drug-likeness (QED) is 0.384. The topological polar surface area (TPSA) is 68.3 Å². The number of thioether (sulfide) groups is 1. The third-order valence-corrected chi connectivity index (χ3v) is 4.01. The monoisotopic (exact) mass is 290 g/mol. The van der Waals surface area contributed by atoms with Crippen molar-refractivity contribution < 1.29 is 9.21 Å². The van der Waals surface area contributed by atoms with Crippen LogP contribution in [-0.2, 0) is 5.75 Å². The molecule has 0 bridgehead atoms. The summed E-state index contributed by atoms with van der Waals surface area (Å²) in [4.78, 5) is 12.5. The number of hydrogen-bond donors (Lipinski definition) is 2. The van der Waals surface area contributed by atoms with Crippen LogP contribution in [0.5, 0.6) is 0 Å². The number of carbonyl (C=O) groups excluding carboxylic acids is 1. The van der Waals surface area contributed by atoms with Crippen molar-refractivity contribution in [3.05, 3.63) is 53.5 Å². The largest absolute Gasteiger partial charge is 0.468 e. The molecule has 0 aliphatic heterocycles. The smallest absolute Gasteiger partial charge is 0.268 e. The number of furan rings is 1. The van der Waals surface area contributed by atoms with Gasteiger partial charge in [-0.15, -0.1) is 11.8 Å². The van der Waals surface area contributed by atoms with Crippen LogP contribution in [0.15, 0.2) is 45.9 Å². The lowest BCUT2D eigenvalue weighted by molar-refractivity contribution is 0.0953. The summed E-state index contributed by atoms with van der Waals surface area (Å²) in [6.45, 7) is 4.35. The summed E-state index contributed by atoms with van der Waals surface area (Å²) in [5.41, 5.74) is 3.85. The first kappa shape index (κ1) is 14.7. The number of nitrogens with one attached hydrogen (secondary N) is 1. The molecule has 0 saturated carbocycles. The molecule has 1 aromatic carbocycles. The minimum atomic E-state index is -0.341. The summed E-state index contributed by atoms with van der Waals surface area (Å²) in [6, 6.07) is 10.2. The van der Waals surface area contributed by atoms with Gasteiger partial charge in [0.25, 0.3) is 5.91 Å². The van der Waals surface area contributed by atoms with Gasteiger partial charge in [-0.3, -0.25) is 10.2 Å². The summed E-state index contributed by atoms with van der Waals surface area (Å²) < 4.78 is 5.33. The number of nitrogens with two attached hydrogens (primary N) is 1. The highest BCUT2D eigenvalue weighted by Gasteiger charge is 2.09. The van der Waals surface area contributed by atoms with E-state index in [-0.39, 0.29) is 5.91 Å². The first-order valence-corrected chi connectivity index (χ1v) is 7.40. The Bertz CT molecular complexity index is 576. The van der Waals surface area contributed by atoms with Gasteiger partial charge in [-0.1, -0.05) is 26.0 Å². The third-order valence-electron chi connectivity index (χ3n) is 2.97. The maximum atomic E-state index is 11.3. The molecule has 106 valence electrons. The molecular weight excluding hydrogens is 272 g/mol. The van der Waals surface area contributed by atoms with E-state index in [9.17, 15) is 4.79 Å². The van der Waals surface area contributed by atoms with Crippen LogP contribution < -0.4 is 11.3 Å². The second kappa shape index (κ2) is 6.63. The summed E-state index contributed by atoms with van der Waals surface area (Å²) in [7, 11) is 0. The van der Waals surface area contributed by atoms with Gasteiger partial charge in [0.05, 0.1) is 11.3 Å². The molecule has 1 amide bonds. The number of nitrogen functional groups attached to an aromatic ring is 1. The maximum Gasteiger partial charge on any atom is 0.268 e. The standard InChI is InChI=1S/C15H18N2O2S/c1-10(2)11-3-5-14(6-4-11)20-9-13-7-12(8-19-13)15(18)17-16/h3-8,10H,9,16H2,1-2H3,(H,17,18). The molecule has 20 heavy (non-hydrogen) atoms. The van der Waals surface area contributed by atoms with Crippen molar-refractivity contribution in [2.45, 2.75) is 30.4 Å². The van der Waals surface area contributed by atoms with Gasteiger partial charge < -0.3 is 4.42 Å². The van der Waals surface area contributed by atoms with Crippen molar-refractivity contribution in [2.75, 3.05) is 0 Å². The lowest BCUT2D eigenvalue weighted by Crippen LogP contribution is -2.29. The Morgan fingerprint density at radius 3 is 2.65 bits per heavy atom. The van der Waals surface area contributed by atoms with Gasteiger partial charge in [-0.05, 0) is 29.7 Å². The molecule has 0 aliphatic rings. The van der Waals surface area contributed by atoms with E-state index in [4.69, 9.17) is 10.3 Å². The van der Waals surface area contributed by atoms with Crippen molar-refractivity contribution in [3.63, 3.8) is 0 Å². The Kier molecular flexibility index (Phi) is 4.87. The van der Waals surface area contributed by atoms with E-state index in [1.807, 2.05) is 0 Å². The van der Waals surface area contributed by atoms with Crippen LogP contribution in [0.4, 0.5) is 0 Å². The first-order chi connectivity index (χ1) is 9.60. The van der Waals surface area contributed by atoms with Crippen LogP contribution in [0.25, 0.3) is 0 Å². The lowest BCUT2D eigenvalue weighted by Gasteiger charge is -2.06. The van der Waals surface area contributed by atoms with Gasteiger partial charge in [0.15, 0.2) is 0 Å². The lowest BCUT2D eigenvalue weighted by atomic mass is 10.0. The highest BCUT2D eigenvalue weighted by Crippen LogP contribution is 2.25. The molecule has 5 heteroatoms. The van der Waals surface area contributed by atoms with Gasteiger partial charge >= 0.3 is 0 Å². The summed E-state index contributed by atoms with van der Waals surface area (Å²) in [5.74, 6) is 6.70. The minimum Gasteiger partial charge on any atom is -0.468 e. The van der Waals surface area contributed by atoms with E-state index >= 15 is 0 Å². The number of carbonyl (C=O) groups is 1. The van der Waals surface area contributed by atoms with Crippen LogP contribution in [0, 0.1) is 0 Å². The van der Waals surface area contributed by atoms with E-state index in [1.54, 1.807) is 17.8 Å². The van der Waals surface area contributed by atoms with Gasteiger partial charge in [0, 0.05) is 4.90 Å². The van der Waals surface area contributed by atoms with Crippen LogP contribution in [0.2, 0.25) is 0 Å². The van der Waals surface area contributed by atoms with Crippen molar-refractivity contribution in [3.8, 4) is 0 Å². The Balaban J connectivity index is 1.94. The van der Waals surface area contributed by atoms with Gasteiger partial charge in [0.2, 0.25) is 0 Å². The molecular formula is C15H18N2O2S. The normalized spacial score (nSPS) is 10.8. The molecule has 0 radical (unpaired) electrons. The number of rotatable bonds is 5. The fraction of sp³-hybridized carbons (Fsp3) is 0.267. The van der Waals surface area contributed by atoms with E-state index in [2.05, 4.69) is 43.5 Å². The van der Waals surface area contributed by atoms with Crippen LogP contribution in [0.1, 0.15) is 41.4 Å². The zero-order valence-corrected chi connectivity index (χ0v) is 12.4. The molecule has 0 spiro atoms. The first-order valence-electron chi connectivity index (χ1n) is 6.41. The van der Waals surface area contributed by atoms with E-state index in [0.717, 1.165) is 5.76 Å². The molecule has 0 unspecified atom stereocenters. The molecule has 0 saturated heterocycles. The third kappa shape index (κ3) is 3.65. The SMILES string of the molecule is CC(C)c1ccc(SCc2cc(C(=O)NN)co2)cc1. The predicted molar refractivity (Wildman–Crippen MR) is 80.5 cm³/mol. The fourth-order valence-electron chi connectivity index (χ4n) is 1.76. The maximum absolute atomic E-state index is 11.3. The Morgan fingerprint density at radius 2 is 2.05 bits per heavy atom. The van der Waals surface area contributed by atoms with Crippen molar-refractivity contribution in [2.24, 2.45) is 5.84 Å². The summed E-state index contributed by atoms with van der Waals surface area (Å²) >= 11 is 1.67. The second-order valence-electron chi connectivity index (χ2n) is 4.79. The predicted octanol–water partition coefficient (Wildman–Crippen LogP) is 3.30. The molecule has 4 nitrogen and oxygen atoms in total. The molecule has 0 atom stereocenters.